The second kappa shape index (κ2) is 9.72. The third-order valence-electron chi connectivity index (χ3n) is 4.41. The maximum absolute atomic E-state index is 12.1. The summed E-state index contributed by atoms with van der Waals surface area (Å²) in [7, 11) is 1.67. The molecule has 0 atom stereocenters. The first-order valence-electron chi connectivity index (χ1n) is 8.94. The number of hydrogen-bond donors (Lipinski definition) is 2. The molecule has 0 radical (unpaired) electrons. The van der Waals surface area contributed by atoms with Crippen LogP contribution in [0.4, 0.5) is 11.4 Å². The first-order valence-corrected chi connectivity index (χ1v) is 8.94. The molecule has 0 saturated carbocycles. The lowest BCUT2D eigenvalue weighted by Crippen LogP contribution is -2.21. The minimum absolute atomic E-state index is 0.0855. The van der Waals surface area contributed by atoms with Crippen molar-refractivity contribution in [3.63, 3.8) is 0 Å². The van der Waals surface area contributed by atoms with Crippen molar-refractivity contribution in [2.45, 2.75) is 33.1 Å². The molecule has 2 rings (SSSR count). The summed E-state index contributed by atoms with van der Waals surface area (Å²) in [5.41, 5.74) is 3.16. The predicted octanol–water partition coefficient (Wildman–Crippen LogP) is 4.72. The average molecular weight is 340 g/mol. The highest BCUT2D eigenvalue weighted by molar-refractivity contribution is 5.92. The number of anilines is 2. The van der Waals surface area contributed by atoms with Crippen molar-refractivity contribution in [3.05, 3.63) is 54.1 Å². The van der Waals surface area contributed by atoms with Crippen molar-refractivity contribution in [1.82, 2.24) is 0 Å². The lowest BCUT2D eigenvalue weighted by molar-refractivity contribution is -0.120. The molecule has 0 fully saturated rings. The minimum Gasteiger partial charge on any atom is -0.497 e. The summed E-state index contributed by atoms with van der Waals surface area (Å²) in [5, 5.41) is 6.39. The van der Waals surface area contributed by atoms with Gasteiger partial charge >= 0.3 is 0 Å². The average Bonchev–Trinajstić information content (AvgIpc) is 2.65. The van der Waals surface area contributed by atoms with Gasteiger partial charge in [0.1, 0.15) is 5.75 Å². The molecule has 2 aromatic carbocycles. The first kappa shape index (κ1) is 18.8. The van der Waals surface area contributed by atoms with Crippen LogP contribution in [0.15, 0.2) is 48.5 Å². The van der Waals surface area contributed by atoms with E-state index in [4.69, 9.17) is 4.74 Å². The fourth-order valence-electron chi connectivity index (χ4n) is 2.72. The number of rotatable bonds is 9. The standard InChI is InChI=1S/C21H28N2O2/c1-4-17(5-2)21(24)23-19-10-8-18(9-11-19)22-15-14-16-6-12-20(25-3)13-7-16/h6-13,17,22H,4-5,14-15H2,1-3H3,(H,23,24). The Hall–Kier alpha value is -2.49. The monoisotopic (exact) mass is 340 g/mol. The smallest absolute Gasteiger partial charge is 0.227 e. The Kier molecular flexibility index (Phi) is 7.33. The molecule has 2 N–H and O–H groups in total. The molecule has 0 saturated heterocycles. The van der Waals surface area contributed by atoms with Gasteiger partial charge in [-0.15, -0.1) is 0 Å². The van der Waals surface area contributed by atoms with Gasteiger partial charge in [0, 0.05) is 23.8 Å². The Labute approximate surface area is 150 Å². The van der Waals surface area contributed by atoms with E-state index in [0.29, 0.717) is 0 Å². The van der Waals surface area contributed by atoms with Crippen LogP contribution in [0.25, 0.3) is 0 Å². The number of carbonyl (C=O) groups is 1. The number of carbonyl (C=O) groups excluding carboxylic acids is 1. The third kappa shape index (κ3) is 5.82. The Morgan fingerprint density at radius 1 is 0.960 bits per heavy atom. The van der Waals surface area contributed by atoms with Crippen LogP contribution in [-0.2, 0) is 11.2 Å². The van der Waals surface area contributed by atoms with Crippen molar-refractivity contribution < 1.29 is 9.53 Å². The van der Waals surface area contributed by atoms with Crippen LogP contribution in [-0.4, -0.2) is 19.6 Å². The first-order chi connectivity index (χ1) is 12.2. The van der Waals surface area contributed by atoms with E-state index in [1.54, 1.807) is 7.11 Å². The predicted molar refractivity (Wildman–Crippen MR) is 104 cm³/mol. The molecule has 0 heterocycles. The van der Waals surface area contributed by atoms with E-state index in [1.807, 2.05) is 50.2 Å². The summed E-state index contributed by atoms with van der Waals surface area (Å²) in [6, 6.07) is 16.0. The zero-order valence-corrected chi connectivity index (χ0v) is 15.3. The van der Waals surface area contributed by atoms with Gasteiger partial charge in [-0.3, -0.25) is 4.79 Å². The molecule has 0 spiro atoms. The molecule has 0 aromatic heterocycles. The molecule has 4 nitrogen and oxygen atoms in total. The van der Waals surface area contributed by atoms with E-state index in [1.165, 1.54) is 5.56 Å². The number of benzene rings is 2. The maximum Gasteiger partial charge on any atom is 0.227 e. The summed E-state index contributed by atoms with van der Waals surface area (Å²) < 4.78 is 5.17. The topological polar surface area (TPSA) is 50.4 Å². The van der Waals surface area contributed by atoms with Gasteiger partial charge in [0.2, 0.25) is 5.91 Å². The Morgan fingerprint density at radius 3 is 2.12 bits per heavy atom. The van der Waals surface area contributed by atoms with Gasteiger partial charge in [0.25, 0.3) is 0 Å². The second-order valence-electron chi connectivity index (χ2n) is 6.10. The highest BCUT2D eigenvalue weighted by Crippen LogP contribution is 2.17. The van der Waals surface area contributed by atoms with Crippen LogP contribution < -0.4 is 15.4 Å². The lowest BCUT2D eigenvalue weighted by atomic mass is 10.0. The van der Waals surface area contributed by atoms with E-state index in [0.717, 1.165) is 42.9 Å². The van der Waals surface area contributed by atoms with Gasteiger partial charge in [-0.25, -0.2) is 0 Å². The molecule has 134 valence electrons. The SMILES string of the molecule is CCC(CC)C(=O)Nc1ccc(NCCc2ccc(OC)cc2)cc1. The maximum atomic E-state index is 12.1. The fourth-order valence-corrected chi connectivity index (χ4v) is 2.72. The summed E-state index contributed by atoms with van der Waals surface area (Å²) in [6.07, 6.45) is 2.68. The van der Waals surface area contributed by atoms with Crippen LogP contribution in [0.3, 0.4) is 0 Å². The van der Waals surface area contributed by atoms with Gasteiger partial charge < -0.3 is 15.4 Å². The van der Waals surface area contributed by atoms with Gasteiger partial charge in [-0.1, -0.05) is 26.0 Å². The van der Waals surface area contributed by atoms with Gasteiger partial charge in [0.15, 0.2) is 0 Å². The molecule has 0 unspecified atom stereocenters. The van der Waals surface area contributed by atoms with Crippen molar-refractivity contribution in [2.24, 2.45) is 5.92 Å². The summed E-state index contributed by atoms with van der Waals surface area (Å²) in [4.78, 5) is 12.1. The van der Waals surface area contributed by atoms with Crippen LogP contribution in [0, 0.1) is 5.92 Å². The number of ether oxygens (including phenoxy) is 1. The summed E-state index contributed by atoms with van der Waals surface area (Å²) >= 11 is 0. The zero-order chi connectivity index (χ0) is 18.1. The fraction of sp³-hybridized carbons (Fsp3) is 0.381. The molecule has 4 heteroatoms. The second-order valence-corrected chi connectivity index (χ2v) is 6.10. The van der Waals surface area contributed by atoms with Gasteiger partial charge in [-0.2, -0.15) is 0 Å². The van der Waals surface area contributed by atoms with Gasteiger partial charge in [0.05, 0.1) is 7.11 Å². The van der Waals surface area contributed by atoms with Crippen molar-refractivity contribution in [2.75, 3.05) is 24.3 Å². The van der Waals surface area contributed by atoms with Crippen LogP contribution in [0.5, 0.6) is 5.75 Å². The normalized spacial score (nSPS) is 10.6. The van der Waals surface area contributed by atoms with Crippen molar-refractivity contribution in [3.8, 4) is 5.75 Å². The minimum atomic E-state index is 0.0855. The Morgan fingerprint density at radius 2 is 1.56 bits per heavy atom. The van der Waals surface area contributed by atoms with E-state index < -0.39 is 0 Å². The van der Waals surface area contributed by atoms with Crippen LogP contribution in [0.1, 0.15) is 32.3 Å². The highest BCUT2D eigenvalue weighted by atomic mass is 16.5. The molecule has 0 aliphatic rings. The molecular formula is C21H28N2O2. The number of methoxy groups -OCH3 is 1. The molecule has 0 aliphatic carbocycles. The Bertz CT molecular complexity index is 647. The number of amides is 1. The van der Waals surface area contributed by atoms with E-state index in [2.05, 4.69) is 22.8 Å². The molecule has 0 aliphatic heterocycles. The largest absolute Gasteiger partial charge is 0.497 e. The van der Waals surface area contributed by atoms with Crippen molar-refractivity contribution >= 4 is 17.3 Å². The lowest BCUT2D eigenvalue weighted by Gasteiger charge is -2.13. The van der Waals surface area contributed by atoms with E-state index in [9.17, 15) is 4.79 Å². The summed E-state index contributed by atoms with van der Waals surface area (Å²) in [5.74, 6) is 1.07. The molecule has 25 heavy (non-hydrogen) atoms. The van der Waals surface area contributed by atoms with E-state index >= 15 is 0 Å². The Balaban J connectivity index is 1.80. The van der Waals surface area contributed by atoms with E-state index in [-0.39, 0.29) is 11.8 Å². The highest BCUT2D eigenvalue weighted by Gasteiger charge is 2.13. The summed E-state index contributed by atoms with van der Waals surface area (Å²) in [6.45, 7) is 4.94. The number of hydrogen-bond acceptors (Lipinski definition) is 3. The number of nitrogens with one attached hydrogen (secondary N) is 2. The molecular weight excluding hydrogens is 312 g/mol. The van der Waals surface area contributed by atoms with Gasteiger partial charge in [-0.05, 0) is 61.2 Å². The molecule has 1 amide bonds. The van der Waals surface area contributed by atoms with Crippen LogP contribution >= 0.6 is 0 Å². The molecule has 0 bridgehead atoms. The van der Waals surface area contributed by atoms with Crippen LogP contribution in [0.2, 0.25) is 0 Å². The molecule has 2 aromatic rings. The van der Waals surface area contributed by atoms with Crippen molar-refractivity contribution in [1.29, 1.82) is 0 Å². The third-order valence-corrected chi connectivity index (χ3v) is 4.41. The quantitative estimate of drug-likeness (QED) is 0.694. The zero-order valence-electron chi connectivity index (χ0n) is 15.3.